The molecule has 86 valence electrons. The first kappa shape index (κ1) is 11.6. The molecule has 2 aromatic carbocycles. The summed E-state index contributed by atoms with van der Waals surface area (Å²) in [4.78, 5) is 11.3. The van der Waals surface area contributed by atoms with Crippen LogP contribution in [-0.2, 0) is 6.42 Å². The van der Waals surface area contributed by atoms with Gasteiger partial charge >= 0.3 is 0 Å². The quantitative estimate of drug-likeness (QED) is 0.725. The standard InChI is InChI=1S/C16H16O/c1-12-10-15(8-9-16(12)13(2)17)11-14-6-4-3-5-7-14/h3-10H,11H2,1-2H3. The van der Waals surface area contributed by atoms with Crippen LogP contribution in [-0.4, -0.2) is 5.78 Å². The highest BCUT2D eigenvalue weighted by Crippen LogP contribution is 2.15. The molecule has 0 heterocycles. The van der Waals surface area contributed by atoms with E-state index >= 15 is 0 Å². The molecular weight excluding hydrogens is 208 g/mol. The highest BCUT2D eigenvalue weighted by atomic mass is 16.1. The number of benzene rings is 2. The molecular formula is C16H16O. The first-order valence-corrected chi connectivity index (χ1v) is 5.81. The molecule has 0 saturated carbocycles. The van der Waals surface area contributed by atoms with Gasteiger partial charge in [-0.25, -0.2) is 0 Å². The molecule has 0 fully saturated rings. The Morgan fingerprint density at radius 2 is 1.71 bits per heavy atom. The Hall–Kier alpha value is -1.89. The van der Waals surface area contributed by atoms with Crippen LogP contribution in [0.5, 0.6) is 0 Å². The van der Waals surface area contributed by atoms with E-state index in [4.69, 9.17) is 0 Å². The van der Waals surface area contributed by atoms with Crippen molar-refractivity contribution in [1.29, 1.82) is 0 Å². The monoisotopic (exact) mass is 224 g/mol. The summed E-state index contributed by atoms with van der Waals surface area (Å²) < 4.78 is 0. The second-order valence-corrected chi connectivity index (χ2v) is 4.37. The van der Waals surface area contributed by atoms with E-state index in [2.05, 4.69) is 18.2 Å². The normalized spacial score (nSPS) is 10.2. The van der Waals surface area contributed by atoms with Crippen LogP contribution in [0.1, 0.15) is 34.0 Å². The summed E-state index contributed by atoms with van der Waals surface area (Å²) in [5, 5.41) is 0. The van der Waals surface area contributed by atoms with Gasteiger partial charge in [0.15, 0.2) is 5.78 Å². The molecule has 0 aliphatic rings. The minimum Gasteiger partial charge on any atom is -0.295 e. The number of aryl methyl sites for hydroxylation is 1. The van der Waals surface area contributed by atoms with E-state index < -0.39 is 0 Å². The highest BCUT2D eigenvalue weighted by molar-refractivity contribution is 5.95. The van der Waals surface area contributed by atoms with Crippen molar-refractivity contribution in [2.45, 2.75) is 20.3 Å². The van der Waals surface area contributed by atoms with Crippen LogP contribution in [0.3, 0.4) is 0 Å². The Labute approximate surface area is 102 Å². The molecule has 0 aliphatic carbocycles. The number of hydrogen-bond donors (Lipinski definition) is 0. The second-order valence-electron chi connectivity index (χ2n) is 4.37. The van der Waals surface area contributed by atoms with Gasteiger partial charge in [-0.05, 0) is 37.0 Å². The molecule has 0 N–H and O–H groups in total. The Balaban J connectivity index is 2.24. The van der Waals surface area contributed by atoms with Crippen LogP contribution in [0.15, 0.2) is 48.5 Å². The lowest BCUT2D eigenvalue weighted by Crippen LogP contribution is -1.97. The SMILES string of the molecule is CC(=O)c1ccc(Cc2ccccc2)cc1C. The van der Waals surface area contributed by atoms with E-state index in [1.807, 2.05) is 37.3 Å². The molecule has 1 heteroatoms. The Morgan fingerprint density at radius 1 is 1.00 bits per heavy atom. The fourth-order valence-electron chi connectivity index (χ4n) is 2.06. The summed E-state index contributed by atoms with van der Waals surface area (Å²) in [5.41, 5.74) is 4.42. The third kappa shape index (κ3) is 2.82. The molecule has 0 amide bonds. The predicted molar refractivity (Wildman–Crippen MR) is 70.4 cm³/mol. The van der Waals surface area contributed by atoms with Crippen molar-refractivity contribution in [3.05, 3.63) is 70.8 Å². The largest absolute Gasteiger partial charge is 0.295 e. The van der Waals surface area contributed by atoms with E-state index in [0.717, 1.165) is 17.5 Å². The zero-order valence-electron chi connectivity index (χ0n) is 10.2. The number of ketones is 1. The van der Waals surface area contributed by atoms with Crippen molar-refractivity contribution < 1.29 is 4.79 Å². The number of hydrogen-bond acceptors (Lipinski definition) is 1. The third-order valence-electron chi connectivity index (χ3n) is 2.92. The average molecular weight is 224 g/mol. The molecule has 0 aliphatic heterocycles. The van der Waals surface area contributed by atoms with Crippen LogP contribution in [0, 0.1) is 6.92 Å². The fourth-order valence-corrected chi connectivity index (χ4v) is 2.06. The van der Waals surface area contributed by atoms with E-state index in [9.17, 15) is 4.79 Å². The molecule has 1 nitrogen and oxygen atoms in total. The molecule has 0 saturated heterocycles. The molecule has 2 aromatic rings. The highest BCUT2D eigenvalue weighted by Gasteiger charge is 2.04. The van der Waals surface area contributed by atoms with Crippen molar-refractivity contribution in [3.63, 3.8) is 0 Å². The zero-order valence-corrected chi connectivity index (χ0v) is 10.2. The summed E-state index contributed by atoms with van der Waals surface area (Å²) in [6.07, 6.45) is 0.917. The summed E-state index contributed by atoms with van der Waals surface area (Å²) in [6.45, 7) is 3.60. The van der Waals surface area contributed by atoms with Gasteiger partial charge in [-0.1, -0.05) is 48.5 Å². The fraction of sp³-hybridized carbons (Fsp3) is 0.188. The number of carbonyl (C=O) groups is 1. The maximum absolute atomic E-state index is 11.3. The maximum atomic E-state index is 11.3. The molecule has 0 aromatic heterocycles. The molecule has 0 spiro atoms. The van der Waals surface area contributed by atoms with Crippen LogP contribution in [0.4, 0.5) is 0 Å². The lowest BCUT2D eigenvalue weighted by molar-refractivity contribution is 0.101. The van der Waals surface area contributed by atoms with E-state index in [0.29, 0.717) is 0 Å². The number of Topliss-reactive ketones (excluding diaryl/α,β-unsaturated/α-hetero) is 1. The summed E-state index contributed by atoms with van der Waals surface area (Å²) >= 11 is 0. The van der Waals surface area contributed by atoms with Gasteiger partial charge < -0.3 is 0 Å². The van der Waals surface area contributed by atoms with Gasteiger partial charge in [0, 0.05) is 5.56 Å². The first-order valence-electron chi connectivity index (χ1n) is 5.81. The molecule has 0 bridgehead atoms. The van der Waals surface area contributed by atoms with Crippen molar-refractivity contribution in [2.75, 3.05) is 0 Å². The average Bonchev–Trinajstić information content (AvgIpc) is 2.30. The van der Waals surface area contributed by atoms with Crippen molar-refractivity contribution in [1.82, 2.24) is 0 Å². The molecule has 0 radical (unpaired) electrons. The Kier molecular flexibility index (Phi) is 3.38. The first-order chi connectivity index (χ1) is 8.16. The van der Waals surface area contributed by atoms with Crippen LogP contribution in [0.2, 0.25) is 0 Å². The van der Waals surface area contributed by atoms with E-state index in [-0.39, 0.29) is 5.78 Å². The summed E-state index contributed by atoms with van der Waals surface area (Å²) in [5.74, 6) is 0.133. The second kappa shape index (κ2) is 4.96. The van der Waals surface area contributed by atoms with Gasteiger partial charge in [-0.2, -0.15) is 0 Å². The lowest BCUT2D eigenvalue weighted by Gasteiger charge is -2.06. The molecule has 2 rings (SSSR count). The topological polar surface area (TPSA) is 17.1 Å². The van der Waals surface area contributed by atoms with Gasteiger partial charge in [0.2, 0.25) is 0 Å². The van der Waals surface area contributed by atoms with Gasteiger partial charge in [0.05, 0.1) is 0 Å². The summed E-state index contributed by atoms with van der Waals surface area (Å²) in [6, 6.07) is 16.4. The molecule has 0 unspecified atom stereocenters. The van der Waals surface area contributed by atoms with E-state index in [1.54, 1.807) is 6.92 Å². The molecule has 0 atom stereocenters. The van der Waals surface area contributed by atoms with Crippen molar-refractivity contribution >= 4 is 5.78 Å². The van der Waals surface area contributed by atoms with Crippen LogP contribution >= 0.6 is 0 Å². The number of rotatable bonds is 3. The van der Waals surface area contributed by atoms with Crippen LogP contribution < -0.4 is 0 Å². The third-order valence-corrected chi connectivity index (χ3v) is 2.92. The van der Waals surface area contributed by atoms with Gasteiger partial charge in [0.25, 0.3) is 0 Å². The van der Waals surface area contributed by atoms with Crippen molar-refractivity contribution in [3.8, 4) is 0 Å². The summed E-state index contributed by atoms with van der Waals surface area (Å²) in [7, 11) is 0. The van der Waals surface area contributed by atoms with E-state index in [1.165, 1.54) is 11.1 Å². The maximum Gasteiger partial charge on any atom is 0.160 e. The zero-order chi connectivity index (χ0) is 12.3. The van der Waals surface area contributed by atoms with Gasteiger partial charge in [-0.3, -0.25) is 4.79 Å². The Morgan fingerprint density at radius 3 is 2.29 bits per heavy atom. The smallest absolute Gasteiger partial charge is 0.160 e. The number of carbonyl (C=O) groups excluding carboxylic acids is 1. The minimum absolute atomic E-state index is 0.133. The van der Waals surface area contributed by atoms with Gasteiger partial charge in [0.1, 0.15) is 0 Å². The lowest BCUT2D eigenvalue weighted by atomic mass is 9.98. The predicted octanol–water partition coefficient (Wildman–Crippen LogP) is 3.79. The molecule has 17 heavy (non-hydrogen) atoms. The minimum atomic E-state index is 0.133. The van der Waals surface area contributed by atoms with Crippen LogP contribution in [0.25, 0.3) is 0 Å². The Bertz CT molecular complexity index is 526. The van der Waals surface area contributed by atoms with Gasteiger partial charge in [-0.15, -0.1) is 0 Å². The van der Waals surface area contributed by atoms with Crippen molar-refractivity contribution in [2.24, 2.45) is 0 Å².